The lowest BCUT2D eigenvalue weighted by Gasteiger charge is -2.36. The maximum absolute atomic E-state index is 13.9. The Labute approximate surface area is 209 Å². The molecule has 1 aliphatic carbocycles. The normalized spacial score (nSPS) is 20.0. The fourth-order valence-corrected chi connectivity index (χ4v) is 8.34. The third-order valence-electron chi connectivity index (χ3n) is 7.26. The highest BCUT2D eigenvalue weighted by molar-refractivity contribution is 7.65. The summed E-state index contributed by atoms with van der Waals surface area (Å²) in [7, 11) is -0.969. The summed E-state index contributed by atoms with van der Waals surface area (Å²) >= 11 is 1.22. The molecule has 1 unspecified atom stereocenters. The fraction of sp³-hybridized carbons (Fsp3) is 0.333. The standard InChI is InChI=1S/C27H29N2O4PS/c1-17-6-12-20(13-7-17)34(3,32)29(2)22-16-25(35-26(22)27(30)31)19-10-8-18(9-11-19)24-15-21-23(33-24)5-4-14-28-21/h4-5,8-11,14-17,20H,6-7,12-13H2,1-3H3,(H,30,31). The van der Waals surface area contributed by atoms with E-state index in [2.05, 4.69) is 11.9 Å². The molecular weight excluding hydrogens is 479 g/mol. The van der Waals surface area contributed by atoms with Gasteiger partial charge in [-0.05, 0) is 55.4 Å². The SMILES string of the molecule is CC1CCC(P(C)(=O)N(C)c2cc(-c3ccc(-c4cc5ncccc5o4)cc3)sc2C(=O)O)CC1. The minimum atomic E-state index is -2.76. The number of anilines is 1. The molecule has 1 aliphatic rings. The van der Waals surface area contributed by atoms with Gasteiger partial charge in [0.1, 0.15) is 16.2 Å². The Morgan fingerprint density at radius 1 is 1.11 bits per heavy atom. The van der Waals surface area contributed by atoms with E-state index in [-0.39, 0.29) is 10.5 Å². The predicted molar refractivity (Wildman–Crippen MR) is 143 cm³/mol. The molecular formula is C27H29N2O4PS. The molecule has 0 radical (unpaired) electrons. The van der Waals surface area contributed by atoms with Crippen molar-refractivity contribution in [2.45, 2.75) is 38.3 Å². The average molecular weight is 509 g/mol. The molecule has 6 nitrogen and oxygen atoms in total. The molecule has 8 heteroatoms. The van der Waals surface area contributed by atoms with Crippen LogP contribution in [0.15, 0.2) is 59.1 Å². The molecule has 0 spiro atoms. The Morgan fingerprint density at radius 3 is 2.46 bits per heavy atom. The van der Waals surface area contributed by atoms with Crippen LogP contribution in [0.2, 0.25) is 0 Å². The van der Waals surface area contributed by atoms with Crippen molar-refractivity contribution >= 4 is 41.4 Å². The molecule has 182 valence electrons. The molecule has 0 aliphatic heterocycles. The number of pyridine rings is 1. The predicted octanol–water partition coefficient (Wildman–Crippen LogP) is 7.84. The second-order valence-corrected chi connectivity index (χ2v) is 13.9. The van der Waals surface area contributed by atoms with E-state index >= 15 is 0 Å². The number of carbonyl (C=O) groups is 1. The molecule has 1 atom stereocenters. The molecule has 0 bridgehead atoms. The number of benzene rings is 1. The van der Waals surface area contributed by atoms with E-state index in [4.69, 9.17) is 4.42 Å². The summed E-state index contributed by atoms with van der Waals surface area (Å²) < 4.78 is 21.6. The van der Waals surface area contributed by atoms with E-state index in [1.54, 1.807) is 17.9 Å². The van der Waals surface area contributed by atoms with E-state index in [0.29, 0.717) is 11.6 Å². The van der Waals surface area contributed by atoms with Crippen molar-refractivity contribution in [1.82, 2.24) is 4.98 Å². The van der Waals surface area contributed by atoms with Crippen molar-refractivity contribution in [3.63, 3.8) is 0 Å². The van der Waals surface area contributed by atoms with E-state index in [1.165, 1.54) is 11.3 Å². The number of hydrogen-bond donors (Lipinski definition) is 1. The molecule has 0 saturated heterocycles. The number of aromatic carboxylic acids is 1. The van der Waals surface area contributed by atoms with E-state index < -0.39 is 13.3 Å². The van der Waals surface area contributed by atoms with Crippen LogP contribution in [-0.2, 0) is 4.57 Å². The van der Waals surface area contributed by atoms with Crippen molar-refractivity contribution in [2.75, 3.05) is 18.4 Å². The van der Waals surface area contributed by atoms with Gasteiger partial charge in [0.05, 0.1) is 5.69 Å². The summed E-state index contributed by atoms with van der Waals surface area (Å²) in [5.74, 6) is 0.404. The first-order chi connectivity index (χ1) is 16.7. The van der Waals surface area contributed by atoms with Gasteiger partial charge >= 0.3 is 5.97 Å². The van der Waals surface area contributed by atoms with Crippen LogP contribution in [0.4, 0.5) is 5.69 Å². The first kappa shape index (κ1) is 23.8. The number of furan rings is 1. The Bertz CT molecular complexity index is 1380. The molecule has 5 rings (SSSR count). The van der Waals surface area contributed by atoms with E-state index in [1.807, 2.05) is 55.2 Å². The Hall–Kier alpha value is -2.89. The third kappa shape index (κ3) is 4.55. The van der Waals surface area contributed by atoms with Crippen molar-refractivity contribution in [2.24, 2.45) is 5.92 Å². The van der Waals surface area contributed by atoms with Gasteiger partial charge in [0.15, 0.2) is 12.9 Å². The summed E-state index contributed by atoms with van der Waals surface area (Å²) in [6.45, 7) is 4.05. The molecule has 1 fully saturated rings. The lowest BCUT2D eigenvalue weighted by Crippen LogP contribution is -2.26. The largest absolute Gasteiger partial charge is 0.477 e. The molecule has 4 aromatic rings. The highest BCUT2D eigenvalue weighted by Crippen LogP contribution is 2.58. The number of carboxylic acid groups (broad SMARTS) is 1. The minimum Gasteiger partial charge on any atom is -0.477 e. The Kier molecular flexibility index (Phi) is 6.32. The van der Waals surface area contributed by atoms with Crippen LogP contribution in [0.25, 0.3) is 32.9 Å². The lowest BCUT2D eigenvalue weighted by molar-refractivity contribution is 0.0703. The number of thiophene rings is 1. The van der Waals surface area contributed by atoms with Crippen LogP contribution < -0.4 is 4.67 Å². The van der Waals surface area contributed by atoms with Crippen LogP contribution in [0.3, 0.4) is 0 Å². The third-order valence-corrected chi connectivity index (χ3v) is 11.7. The zero-order chi connectivity index (χ0) is 24.7. The molecule has 1 saturated carbocycles. The van der Waals surface area contributed by atoms with Gasteiger partial charge < -0.3 is 18.8 Å². The van der Waals surface area contributed by atoms with Crippen molar-refractivity contribution in [3.05, 3.63) is 59.6 Å². The minimum absolute atomic E-state index is 0.103. The number of fused-ring (bicyclic) bond motifs is 1. The van der Waals surface area contributed by atoms with Gasteiger partial charge in [-0.1, -0.05) is 31.2 Å². The Morgan fingerprint density at radius 2 is 1.80 bits per heavy atom. The van der Waals surface area contributed by atoms with Gasteiger partial charge in [0, 0.05) is 42.1 Å². The average Bonchev–Trinajstić information content (AvgIpc) is 3.49. The second-order valence-electron chi connectivity index (χ2n) is 9.59. The fourth-order valence-electron chi connectivity index (χ4n) is 4.91. The summed E-state index contributed by atoms with van der Waals surface area (Å²) in [5.41, 5.74) is 4.01. The van der Waals surface area contributed by atoms with Gasteiger partial charge in [0.2, 0.25) is 0 Å². The second kappa shape index (κ2) is 9.29. The highest BCUT2D eigenvalue weighted by atomic mass is 32.1. The number of hydrogen-bond acceptors (Lipinski definition) is 5. The molecule has 35 heavy (non-hydrogen) atoms. The van der Waals surface area contributed by atoms with Crippen LogP contribution in [0.5, 0.6) is 0 Å². The summed E-state index contributed by atoms with van der Waals surface area (Å²) in [4.78, 5) is 17.5. The van der Waals surface area contributed by atoms with Gasteiger partial charge in [-0.3, -0.25) is 4.98 Å². The van der Waals surface area contributed by atoms with Crippen molar-refractivity contribution in [1.29, 1.82) is 0 Å². The highest BCUT2D eigenvalue weighted by Gasteiger charge is 2.37. The number of nitrogens with zero attached hydrogens (tertiary/aromatic N) is 2. The van der Waals surface area contributed by atoms with Gasteiger partial charge in [-0.25, -0.2) is 4.79 Å². The van der Waals surface area contributed by atoms with Crippen LogP contribution >= 0.6 is 18.6 Å². The number of carboxylic acids is 1. The monoisotopic (exact) mass is 508 g/mol. The smallest absolute Gasteiger partial charge is 0.348 e. The molecule has 1 N–H and O–H groups in total. The maximum Gasteiger partial charge on any atom is 0.348 e. The molecule has 3 aromatic heterocycles. The topological polar surface area (TPSA) is 83.6 Å². The van der Waals surface area contributed by atoms with Gasteiger partial charge in [-0.15, -0.1) is 11.3 Å². The molecule has 1 aromatic carbocycles. The van der Waals surface area contributed by atoms with E-state index in [9.17, 15) is 14.5 Å². The summed E-state index contributed by atoms with van der Waals surface area (Å²) in [5, 5.41) is 9.92. The number of rotatable bonds is 6. The van der Waals surface area contributed by atoms with E-state index in [0.717, 1.165) is 58.5 Å². The molecule has 0 amide bonds. The lowest BCUT2D eigenvalue weighted by atomic mass is 9.91. The zero-order valence-corrected chi connectivity index (χ0v) is 21.8. The molecule has 3 heterocycles. The van der Waals surface area contributed by atoms with Crippen molar-refractivity contribution < 1.29 is 18.9 Å². The van der Waals surface area contributed by atoms with Gasteiger partial charge in [-0.2, -0.15) is 0 Å². The quantitative estimate of drug-likeness (QED) is 0.267. The first-order valence-corrected chi connectivity index (χ1v) is 14.9. The van der Waals surface area contributed by atoms with Crippen LogP contribution in [0.1, 0.15) is 42.3 Å². The maximum atomic E-state index is 13.9. The first-order valence-electron chi connectivity index (χ1n) is 11.9. The number of aromatic nitrogens is 1. The van der Waals surface area contributed by atoms with Gasteiger partial charge in [0.25, 0.3) is 0 Å². The van der Waals surface area contributed by atoms with Crippen LogP contribution in [0, 0.1) is 5.92 Å². The van der Waals surface area contributed by atoms with Crippen LogP contribution in [-0.4, -0.2) is 35.4 Å². The zero-order valence-electron chi connectivity index (χ0n) is 20.1. The van der Waals surface area contributed by atoms with Crippen molar-refractivity contribution in [3.8, 4) is 21.8 Å². The summed E-state index contributed by atoms with van der Waals surface area (Å²) in [6, 6.07) is 15.4. The Balaban J connectivity index is 1.44. The summed E-state index contributed by atoms with van der Waals surface area (Å²) in [6.07, 6.45) is 5.74.